The number of carbonyl (C=O) groups is 2. The molecule has 5 rings (SSSR count). The monoisotopic (exact) mass is 715 g/mol. The lowest BCUT2D eigenvalue weighted by atomic mass is 9.94. The molecule has 0 aromatic heterocycles. The van der Waals surface area contributed by atoms with E-state index < -0.39 is 28.5 Å². The summed E-state index contributed by atoms with van der Waals surface area (Å²) in [6.07, 6.45) is 5.35. The van der Waals surface area contributed by atoms with E-state index in [1.165, 1.54) is 4.31 Å². The molecule has 9 heteroatoms. The molecule has 1 N–H and O–H groups in total. The summed E-state index contributed by atoms with van der Waals surface area (Å²) in [5.74, 6) is -0.695. The number of anilines is 1. The fourth-order valence-electron chi connectivity index (χ4n) is 6.03. The first-order valence-electron chi connectivity index (χ1n) is 16.1. The second kappa shape index (κ2) is 15.8. The molecule has 0 unspecified atom stereocenters. The highest BCUT2D eigenvalue weighted by Gasteiger charge is 2.35. The number of benzene rings is 4. The zero-order valence-electron chi connectivity index (χ0n) is 26.9. The number of sulfonamides is 1. The molecule has 7 nitrogen and oxygen atoms in total. The van der Waals surface area contributed by atoms with E-state index in [9.17, 15) is 18.0 Å². The molecule has 0 radical (unpaired) electrons. The highest BCUT2D eigenvalue weighted by Crippen LogP contribution is 2.27. The van der Waals surface area contributed by atoms with Gasteiger partial charge in [0.15, 0.2) is 0 Å². The quantitative estimate of drug-likeness (QED) is 0.166. The zero-order chi connectivity index (χ0) is 33.4. The summed E-state index contributed by atoms with van der Waals surface area (Å²) in [6, 6.07) is 30.2. The van der Waals surface area contributed by atoms with Gasteiger partial charge >= 0.3 is 0 Å². The number of halogens is 1. The minimum atomic E-state index is -4.14. The van der Waals surface area contributed by atoms with E-state index in [0.717, 1.165) is 58.8 Å². The fraction of sp³-hybridized carbons (Fsp3) is 0.316. The van der Waals surface area contributed by atoms with Crippen molar-refractivity contribution in [1.82, 2.24) is 10.2 Å². The molecule has 1 saturated carbocycles. The van der Waals surface area contributed by atoms with Crippen molar-refractivity contribution in [3.05, 3.63) is 130 Å². The topological polar surface area (TPSA) is 86.8 Å². The molecule has 0 spiro atoms. The summed E-state index contributed by atoms with van der Waals surface area (Å²) in [6.45, 7) is 3.43. The Balaban J connectivity index is 1.56. The van der Waals surface area contributed by atoms with Crippen molar-refractivity contribution in [1.29, 1.82) is 0 Å². The van der Waals surface area contributed by atoms with E-state index in [2.05, 4.69) is 21.2 Å². The van der Waals surface area contributed by atoms with E-state index >= 15 is 0 Å². The maximum absolute atomic E-state index is 14.7. The Hall–Kier alpha value is -3.95. The Morgan fingerprint density at radius 2 is 1.49 bits per heavy atom. The third kappa shape index (κ3) is 9.11. The molecular weight excluding hydrogens is 674 g/mol. The van der Waals surface area contributed by atoms with Gasteiger partial charge in [-0.05, 0) is 79.8 Å². The van der Waals surface area contributed by atoms with Gasteiger partial charge in [-0.15, -0.1) is 0 Å². The van der Waals surface area contributed by atoms with Crippen LogP contribution in [0.5, 0.6) is 0 Å². The lowest BCUT2D eigenvalue weighted by Gasteiger charge is -2.35. The summed E-state index contributed by atoms with van der Waals surface area (Å²) in [5, 5.41) is 3.25. The SMILES string of the molecule is Cc1ccc(S(=O)(=O)N(CC(=O)N(Cc2ccc(Br)cc2)[C@@H](Cc2ccccc2)C(=O)NC2CCCCC2)c2cccc(C)c2)cc1. The maximum Gasteiger partial charge on any atom is 0.264 e. The van der Waals surface area contributed by atoms with Crippen molar-refractivity contribution in [3.63, 3.8) is 0 Å². The van der Waals surface area contributed by atoms with Gasteiger partial charge in [0.25, 0.3) is 10.0 Å². The summed E-state index contributed by atoms with van der Waals surface area (Å²) >= 11 is 3.49. The Morgan fingerprint density at radius 1 is 0.809 bits per heavy atom. The van der Waals surface area contributed by atoms with Gasteiger partial charge in [-0.1, -0.05) is 107 Å². The fourth-order valence-corrected chi connectivity index (χ4v) is 7.70. The first-order chi connectivity index (χ1) is 22.6. The van der Waals surface area contributed by atoms with Crippen LogP contribution in [0.1, 0.15) is 54.4 Å². The predicted octanol–water partition coefficient (Wildman–Crippen LogP) is 7.35. The van der Waals surface area contributed by atoms with Gasteiger partial charge in [0.05, 0.1) is 10.6 Å². The summed E-state index contributed by atoms with van der Waals surface area (Å²) in [5.41, 5.74) is 3.91. The number of rotatable bonds is 12. The molecule has 0 heterocycles. The molecule has 0 aliphatic heterocycles. The zero-order valence-corrected chi connectivity index (χ0v) is 29.3. The van der Waals surface area contributed by atoms with Gasteiger partial charge in [0.2, 0.25) is 11.8 Å². The largest absolute Gasteiger partial charge is 0.352 e. The summed E-state index contributed by atoms with van der Waals surface area (Å²) < 4.78 is 30.5. The van der Waals surface area contributed by atoms with Gasteiger partial charge < -0.3 is 10.2 Å². The number of hydrogen-bond donors (Lipinski definition) is 1. The van der Waals surface area contributed by atoms with Crippen LogP contribution in [0.25, 0.3) is 0 Å². The maximum atomic E-state index is 14.7. The minimum absolute atomic E-state index is 0.0462. The summed E-state index contributed by atoms with van der Waals surface area (Å²) in [4.78, 5) is 30.5. The first kappa shape index (κ1) is 34.4. The van der Waals surface area contributed by atoms with E-state index in [1.54, 1.807) is 47.4 Å². The van der Waals surface area contributed by atoms with Crippen LogP contribution in [-0.2, 0) is 32.6 Å². The number of nitrogens with one attached hydrogen (secondary N) is 1. The molecule has 1 fully saturated rings. The van der Waals surface area contributed by atoms with Gasteiger partial charge in [-0.2, -0.15) is 0 Å². The highest BCUT2D eigenvalue weighted by molar-refractivity contribution is 9.10. The van der Waals surface area contributed by atoms with Gasteiger partial charge in [-0.25, -0.2) is 8.42 Å². The average Bonchev–Trinajstić information content (AvgIpc) is 3.07. The number of carbonyl (C=O) groups excluding carboxylic acids is 2. The van der Waals surface area contributed by atoms with Crippen molar-refractivity contribution in [2.45, 2.75) is 75.9 Å². The van der Waals surface area contributed by atoms with Crippen molar-refractivity contribution in [3.8, 4) is 0 Å². The molecule has 47 heavy (non-hydrogen) atoms. The molecule has 0 saturated heterocycles. The molecule has 4 aromatic rings. The highest BCUT2D eigenvalue weighted by atomic mass is 79.9. The molecule has 2 amide bonds. The number of hydrogen-bond acceptors (Lipinski definition) is 4. The van der Waals surface area contributed by atoms with Gasteiger partial charge in [0.1, 0.15) is 12.6 Å². The van der Waals surface area contributed by atoms with Crippen LogP contribution in [-0.4, -0.2) is 43.8 Å². The Labute approximate surface area is 287 Å². The molecular formula is C38H42BrN3O4S. The average molecular weight is 717 g/mol. The molecule has 1 aliphatic rings. The van der Waals surface area contributed by atoms with Crippen molar-refractivity contribution in [2.24, 2.45) is 0 Å². The molecule has 4 aromatic carbocycles. The molecule has 1 aliphatic carbocycles. The van der Waals surface area contributed by atoms with Crippen LogP contribution < -0.4 is 9.62 Å². The van der Waals surface area contributed by atoms with Crippen molar-refractivity contribution < 1.29 is 18.0 Å². The number of aryl methyl sites for hydroxylation is 2. The van der Waals surface area contributed by atoms with E-state index in [0.29, 0.717) is 5.69 Å². The van der Waals surface area contributed by atoms with Crippen LogP contribution >= 0.6 is 15.9 Å². The standard InChI is InChI=1S/C38H42BrN3O4S/c1-28-16-22-35(23-17-28)47(45,46)42(34-15-9-10-29(2)24-34)27-37(43)41(26-31-18-20-32(39)21-19-31)36(25-30-11-5-3-6-12-30)38(44)40-33-13-7-4-8-14-33/h3,5-6,9-12,15-24,33,36H,4,7-8,13-14,25-27H2,1-2H3,(H,40,44)/t36-/m0/s1. The van der Waals surface area contributed by atoms with E-state index in [-0.39, 0.29) is 29.8 Å². The van der Waals surface area contributed by atoms with Crippen LogP contribution in [0.3, 0.4) is 0 Å². The van der Waals surface area contributed by atoms with Crippen LogP contribution in [0.15, 0.2) is 112 Å². The van der Waals surface area contributed by atoms with Gasteiger partial charge in [0, 0.05) is 23.5 Å². The predicted molar refractivity (Wildman–Crippen MR) is 191 cm³/mol. The van der Waals surface area contributed by atoms with E-state index in [4.69, 9.17) is 0 Å². The van der Waals surface area contributed by atoms with Crippen molar-refractivity contribution in [2.75, 3.05) is 10.8 Å². The minimum Gasteiger partial charge on any atom is -0.352 e. The lowest BCUT2D eigenvalue weighted by Crippen LogP contribution is -2.55. The number of amides is 2. The normalized spacial score (nSPS) is 14.3. The molecule has 1 atom stereocenters. The van der Waals surface area contributed by atoms with Crippen LogP contribution in [0.4, 0.5) is 5.69 Å². The van der Waals surface area contributed by atoms with Crippen LogP contribution in [0.2, 0.25) is 0 Å². The Kier molecular flexibility index (Phi) is 11.5. The smallest absolute Gasteiger partial charge is 0.264 e. The number of nitrogens with zero attached hydrogens (tertiary/aromatic N) is 2. The molecule has 246 valence electrons. The van der Waals surface area contributed by atoms with Gasteiger partial charge in [-0.3, -0.25) is 13.9 Å². The first-order valence-corrected chi connectivity index (χ1v) is 18.4. The Morgan fingerprint density at radius 3 is 2.15 bits per heavy atom. The Bertz CT molecular complexity index is 1760. The molecule has 0 bridgehead atoms. The second-order valence-electron chi connectivity index (χ2n) is 12.4. The second-order valence-corrected chi connectivity index (χ2v) is 15.1. The van der Waals surface area contributed by atoms with Crippen molar-refractivity contribution >= 4 is 43.5 Å². The third-order valence-electron chi connectivity index (χ3n) is 8.67. The van der Waals surface area contributed by atoms with E-state index in [1.807, 2.05) is 74.5 Å². The van der Waals surface area contributed by atoms with Crippen LogP contribution in [0, 0.1) is 13.8 Å². The summed E-state index contributed by atoms with van der Waals surface area (Å²) in [7, 11) is -4.14. The third-order valence-corrected chi connectivity index (χ3v) is 11.0. The lowest BCUT2D eigenvalue weighted by molar-refractivity contribution is -0.140.